The van der Waals surface area contributed by atoms with Gasteiger partial charge in [-0.3, -0.25) is 4.99 Å². The van der Waals surface area contributed by atoms with E-state index in [0.29, 0.717) is 12.5 Å². The van der Waals surface area contributed by atoms with Gasteiger partial charge in [-0.2, -0.15) is 0 Å². The molecule has 0 unspecified atom stereocenters. The topological polar surface area (TPSA) is 84.7 Å². The molecule has 0 spiro atoms. The van der Waals surface area contributed by atoms with E-state index in [0.717, 1.165) is 40.9 Å². The first kappa shape index (κ1) is 18.0. The lowest BCUT2D eigenvalue weighted by Gasteiger charge is -2.20. The Morgan fingerprint density at radius 3 is 2.58 bits per heavy atom. The third-order valence-electron chi connectivity index (χ3n) is 3.57. The number of methoxy groups -OCH3 is 2. The maximum atomic E-state index is 5.87. The van der Waals surface area contributed by atoms with Crippen molar-refractivity contribution in [2.75, 3.05) is 20.8 Å². The first-order valence-corrected chi connectivity index (χ1v) is 8.14. The number of ether oxygens (including phenoxy) is 2. The van der Waals surface area contributed by atoms with Crippen molar-refractivity contribution < 1.29 is 9.47 Å². The molecule has 0 radical (unpaired) electrons. The van der Waals surface area contributed by atoms with Crippen LogP contribution >= 0.6 is 0 Å². The Morgan fingerprint density at radius 2 is 1.96 bits per heavy atom. The van der Waals surface area contributed by atoms with E-state index in [9.17, 15) is 0 Å². The van der Waals surface area contributed by atoms with E-state index in [4.69, 9.17) is 15.2 Å². The number of hydrogen-bond donors (Lipinski definition) is 3. The molecular weight excluding hydrogens is 304 g/mol. The van der Waals surface area contributed by atoms with Gasteiger partial charge in [-0.15, -0.1) is 0 Å². The van der Waals surface area contributed by atoms with Crippen LogP contribution in [0.3, 0.4) is 0 Å². The predicted octanol–water partition coefficient (Wildman–Crippen LogP) is 2.82. The van der Waals surface area contributed by atoms with Crippen LogP contribution in [-0.2, 0) is 6.42 Å². The van der Waals surface area contributed by atoms with Gasteiger partial charge in [0.05, 0.1) is 19.7 Å². The highest BCUT2D eigenvalue weighted by Gasteiger charge is 2.10. The number of fused-ring (bicyclic) bond motifs is 1. The second-order valence-corrected chi connectivity index (χ2v) is 6.83. The summed E-state index contributed by atoms with van der Waals surface area (Å²) in [7, 11) is 3.32. The fraction of sp³-hybridized carbons (Fsp3) is 0.500. The molecule has 6 heteroatoms. The largest absolute Gasteiger partial charge is 0.497 e. The van der Waals surface area contributed by atoms with Crippen molar-refractivity contribution in [3.63, 3.8) is 0 Å². The van der Waals surface area contributed by atoms with Gasteiger partial charge in [-0.05, 0) is 39.7 Å². The first-order chi connectivity index (χ1) is 11.3. The van der Waals surface area contributed by atoms with Crippen molar-refractivity contribution >= 4 is 16.9 Å². The van der Waals surface area contributed by atoms with Gasteiger partial charge < -0.3 is 25.5 Å². The SMILES string of the molecule is COc1cc(OC)c2cc(CCCN=C(N)NC(C)(C)C)[nH]c2c1. The fourth-order valence-corrected chi connectivity index (χ4v) is 2.55. The summed E-state index contributed by atoms with van der Waals surface area (Å²) in [6.45, 7) is 6.86. The average molecular weight is 332 g/mol. The van der Waals surface area contributed by atoms with Crippen molar-refractivity contribution in [3.8, 4) is 11.5 Å². The average Bonchev–Trinajstić information content (AvgIpc) is 2.91. The minimum absolute atomic E-state index is 0.0691. The number of guanidine groups is 1. The number of H-pyrrole nitrogens is 1. The smallest absolute Gasteiger partial charge is 0.188 e. The standard InChI is InChI=1S/C18H28N4O2/c1-18(2,3)22-17(19)20-8-6-7-12-9-14-15(21-12)10-13(23-4)11-16(14)24-5/h9-11,21H,6-8H2,1-5H3,(H3,19,20,22). The molecule has 132 valence electrons. The third-order valence-corrected chi connectivity index (χ3v) is 3.57. The number of aromatic nitrogens is 1. The van der Waals surface area contributed by atoms with Gasteiger partial charge in [0.15, 0.2) is 5.96 Å². The number of aliphatic imine (C=N–C) groups is 1. The Morgan fingerprint density at radius 1 is 1.21 bits per heavy atom. The van der Waals surface area contributed by atoms with Crippen LogP contribution in [0.15, 0.2) is 23.2 Å². The first-order valence-electron chi connectivity index (χ1n) is 8.14. The van der Waals surface area contributed by atoms with Gasteiger partial charge in [0.25, 0.3) is 0 Å². The molecule has 0 atom stereocenters. The Bertz CT molecular complexity index is 714. The quantitative estimate of drug-likeness (QED) is 0.431. The molecule has 2 rings (SSSR count). The highest BCUT2D eigenvalue weighted by molar-refractivity contribution is 5.88. The second kappa shape index (κ2) is 7.47. The zero-order valence-corrected chi connectivity index (χ0v) is 15.2. The van der Waals surface area contributed by atoms with E-state index in [1.54, 1.807) is 14.2 Å². The van der Waals surface area contributed by atoms with Crippen LogP contribution < -0.4 is 20.5 Å². The number of hydrogen-bond acceptors (Lipinski definition) is 3. The Kier molecular flexibility index (Phi) is 5.59. The van der Waals surface area contributed by atoms with Crippen molar-refractivity contribution in [1.29, 1.82) is 0 Å². The van der Waals surface area contributed by atoms with Crippen LogP contribution in [-0.4, -0.2) is 37.2 Å². The Hall–Kier alpha value is -2.37. The second-order valence-electron chi connectivity index (χ2n) is 6.83. The molecule has 0 fully saturated rings. The molecule has 6 nitrogen and oxygen atoms in total. The number of nitrogens with two attached hydrogens (primary N) is 1. The summed E-state index contributed by atoms with van der Waals surface area (Å²) >= 11 is 0. The zero-order valence-electron chi connectivity index (χ0n) is 15.2. The highest BCUT2D eigenvalue weighted by atomic mass is 16.5. The van der Waals surface area contributed by atoms with Crippen LogP contribution in [0, 0.1) is 0 Å². The van der Waals surface area contributed by atoms with E-state index in [-0.39, 0.29) is 5.54 Å². The molecule has 2 aromatic rings. The molecule has 0 bridgehead atoms. The van der Waals surface area contributed by atoms with E-state index < -0.39 is 0 Å². The van der Waals surface area contributed by atoms with Gasteiger partial charge in [0, 0.05) is 35.3 Å². The Labute approximate surface area is 143 Å². The maximum Gasteiger partial charge on any atom is 0.188 e. The molecule has 0 aliphatic heterocycles. The van der Waals surface area contributed by atoms with Gasteiger partial charge in [0.1, 0.15) is 11.5 Å². The Balaban J connectivity index is 2.00. The van der Waals surface area contributed by atoms with Crippen molar-refractivity contribution in [1.82, 2.24) is 10.3 Å². The minimum atomic E-state index is -0.0691. The molecule has 0 aliphatic rings. The van der Waals surface area contributed by atoms with E-state index in [1.807, 2.05) is 12.1 Å². The fourth-order valence-electron chi connectivity index (χ4n) is 2.55. The van der Waals surface area contributed by atoms with Crippen LogP contribution in [0.4, 0.5) is 0 Å². The molecule has 4 N–H and O–H groups in total. The number of aromatic amines is 1. The highest BCUT2D eigenvalue weighted by Crippen LogP contribution is 2.31. The molecular formula is C18H28N4O2. The zero-order chi connectivity index (χ0) is 17.7. The molecule has 0 saturated carbocycles. The number of nitrogens with zero attached hydrogens (tertiary/aromatic N) is 1. The normalized spacial score (nSPS) is 12.5. The molecule has 1 aromatic carbocycles. The summed E-state index contributed by atoms with van der Waals surface area (Å²) in [5, 5.41) is 4.22. The number of rotatable bonds is 6. The molecule has 1 heterocycles. The van der Waals surface area contributed by atoms with Crippen LogP contribution in [0.5, 0.6) is 11.5 Å². The lowest BCUT2D eigenvalue weighted by Crippen LogP contribution is -2.45. The predicted molar refractivity (Wildman–Crippen MR) is 99.1 cm³/mol. The lowest BCUT2D eigenvalue weighted by molar-refractivity contribution is 0.398. The van der Waals surface area contributed by atoms with E-state index >= 15 is 0 Å². The number of benzene rings is 1. The maximum absolute atomic E-state index is 5.87. The summed E-state index contributed by atoms with van der Waals surface area (Å²) in [6, 6.07) is 5.99. The molecule has 0 aliphatic carbocycles. The summed E-state index contributed by atoms with van der Waals surface area (Å²) in [5.74, 6) is 2.08. The monoisotopic (exact) mass is 332 g/mol. The molecule has 1 aromatic heterocycles. The van der Waals surface area contributed by atoms with Crippen LogP contribution in [0.2, 0.25) is 0 Å². The van der Waals surface area contributed by atoms with Gasteiger partial charge >= 0.3 is 0 Å². The van der Waals surface area contributed by atoms with Gasteiger partial charge in [-0.25, -0.2) is 0 Å². The third kappa shape index (κ3) is 4.81. The summed E-state index contributed by atoms with van der Waals surface area (Å²) < 4.78 is 10.7. The van der Waals surface area contributed by atoms with Crippen LogP contribution in [0.1, 0.15) is 32.9 Å². The van der Waals surface area contributed by atoms with Crippen molar-refractivity contribution in [2.45, 2.75) is 39.2 Å². The number of nitrogens with one attached hydrogen (secondary N) is 2. The molecule has 0 amide bonds. The van der Waals surface area contributed by atoms with Crippen LogP contribution in [0.25, 0.3) is 10.9 Å². The minimum Gasteiger partial charge on any atom is -0.497 e. The van der Waals surface area contributed by atoms with Crippen molar-refractivity contribution in [2.24, 2.45) is 10.7 Å². The van der Waals surface area contributed by atoms with E-state index in [1.165, 1.54) is 0 Å². The van der Waals surface area contributed by atoms with Gasteiger partial charge in [-0.1, -0.05) is 0 Å². The van der Waals surface area contributed by atoms with Gasteiger partial charge in [0.2, 0.25) is 0 Å². The van der Waals surface area contributed by atoms with Crippen molar-refractivity contribution in [3.05, 3.63) is 23.9 Å². The summed E-state index contributed by atoms with van der Waals surface area (Å²) in [4.78, 5) is 7.78. The molecule has 24 heavy (non-hydrogen) atoms. The summed E-state index contributed by atoms with van der Waals surface area (Å²) in [6.07, 6.45) is 1.81. The van der Waals surface area contributed by atoms with E-state index in [2.05, 4.69) is 42.1 Å². The summed E-state index contributed by atoms with van der Waals surface area (Å²) in [5.41, 5.74) is 7.96. The lowest BCUT2D eigenvalue weighted by atomic mass is 10.1. The molecule has 0 saturated heterocycles. The number of aryl methyl sites for hydroxylation is 1.